The van der Waals surface area contributed by atoms with E-state index in [0.717, 1.165) is 22.2 Å². The fourth-order valence-corrected chi connectivity index (χ4v) is 4.84. The second-order valence-corrected chi connectivity index (χ2v) is 9.79. The maximum atomic E-state index is 13.5. The van der Waals surface area contributed by atoms with Gasteiger partial charge in [-0.25, -0.2) is 4.98 Å². The Morgan fingerprint density at radius 3 is 2.53 bits per heavy atom. The number of hydrogen-bond acceptors (Lipinski definition) is 5. The molecule has 2 heterocycles. The molecule has 8 heteroatoms. The molecule has 4 rings (SSSR count). The standard InChI is InChI=1S/C26H26ClN3O3S/c1-16(2)15-29(26-28-11-12-34-26)24(31)14-21-17(3)30(23-10-9-20(33-4)13-22(21)23)25(32)18-5-7-19(27)8-6-18/h5-13,16H,14-15H2,1-4H3. The number of hydrogen-bond donors (Lipinski definition) is 0. The van der Waals surface area contributed by atoms with Crippen molar-refractivity contribution in [2.45, 2.75) is 27.2 Å². The van der Waals surface area contributed by atoms with Crippen molar-refractivity contribution in [3.8, 4) is 5.75 Å². The number of halogens is 1. The van der Waals surface area contributed by atoms with E-state index in [9.17, 15) is 9.59 Å². The van der Waals surface area contributed by atoms with Crippen LogP contribution in [0.4, 0.5) is 5.13 Å². The number of fused-ring (bicyclic) bond motifs is 1. The molecule has 1 amide bonds. The normalized spacial score (nSPS) is 11.2. The van der Waals surface area contributed by atoms with Gasteiger partial charge in [-0.05, 0) is 60.9 Å². The van der Waals surface area contributed by atoms with Crippen LogP contribution in [0.1, 0.15) is 35.5 Å². The smallest absolute Gasteiger partial charge is 0.262 e. The zero-order chi connectivity index (χ0) is 24.4. The van der Waals surface area contributed by atoms with Crippen molar-refractivity contribution in [1.29, 1.82) is 0 Å². The second kappa shape index (κ2) is 9.99. The lowest BCUT2D eigenvalue weighted by Crippen LogP contribution is -2.35. The van der Waals surface area contributed by atoms with Gasteiger partial charge in [0.1, 0.15) is 5.75 Å². The van der Waals surface area contributed by atoms with Crippen LogP contribution in [0.15, 0.2) is 54.0 Å². The molecule has 0 bridgehead atoms. The molecular formula is C26H26ClN3O3S. The number of ether oxygens (including phenoxy) is 1. The molecule has 0 N–H and O–H groups in total. The maximum Gasteiger partial charge on any atom is 0.262 e. The Morgan fingerprint density at radius 1 is 1.18 bits per heavy atom. The Balaban J connectivity index is 1.80. The number of carbonyl (C=O) groups excluding carboxylic acids is 2. The van der Waals surface area contributed by atoms with Crippen molar-refractivity contribution in [2.24, 2.45) is 5.92 Å². The molecule has 0 aliphatic carbocycles. The summed E-state index contributed by atoms with van der Waals surface area (Å²) in [6, 6.07) is 12.4. The maximum absolute atomic E-state index is 13.5. The zero-order valence-corrected chi connectivity index (χ0v) is 21.1. The second-order valence-electron chi connectivity index (χ2n) is 8.48. The molecule has 0 radical (unpaired) electrons. The number of carbonyl (C=O) groups is 2. The summed E-state index contributed by atoms with van der Waals surface area (Å²) < 4.78 is 7.10. The van der Waals surface area contributed by atoms with E-state index in [1.807, 2.05) is 30.5 Å². The van der Waals surface area contributed by atoms with Gasteiger partial charge in [-0.3, -0.25) is 19.1 Å². The van der Waals surface area contributed by atoms with Gasteiger partial charge in [-0.1, -0.05) is 25.4 Å². The van der Waals surface area contributed by atoms with Gasteiger partial charge in [0.2, 0.25) is 5.91 Å². The highest BCUT2D eigenvalue weighted by Crippen LogP contribution is 2.32. The van der Waals surface area contributed by atoms with Gasteiger partial charge >= 0.3 is 0 Å². The lowest BCUT2D eigenvalue weighted by Gasteiger charge is -2.22. The summed E-state index contributed by atoms with van der Waals surface area (Å²) >= 11 is 7.45. The van der Waals surface area contributed by atoms with Crippen LogP contribution in [0, 0.1) is 12.8 Å². The molecule has 6 nitrogen and oxygen atoms in total. The Hall–Kier alpha value is -3.16. The van der Waals surface area contributed by atoms with E-state index in [4.69, 9.17) is 16.3 Å². The Kier molecular flexibility index (Phi) is 7.05. The monoisotopic (exact) mass is 495 g/mol. The molecule has 0 aliphatic rings. The lowest BCUT2D eigenvalue weighted by atomic mass is 10.1. The predicted molar refractivity (Wildman–Crippen MR) is 137 cm³/mol. The summed E-state index contributed by atoms with van der Waals surface area (Å²) in [7, 11) is 1.60. The molecule has 2 aromatic carbocycles. The minimum absolute atomic E-state index is 0.0624. The van der Waals surface area contributed by atoms with Crippen LogP contribution in [0.3, 0.4) is 0 Å². The Bertz CT molecular complexity index is 1330. The first-order chi connectivity index (χ1) is 16.3. The average molecular weight is 496 g/mol. The van der Waals surface area contributed by atoms with Gasteiger partial charge in [-0.15, -0.1) is 11.3 Å². The molecule has 2 aromatic heterocycles. The van der Waals surface area contributed by atoms with Crippen molar-refractivity contribution in [3.63, 3.8) is 0 Å². The van der Waals surface area contributed by atoms with E-state index in [0.29, 0.717) is 28.0 Å². The fraction of sp³-hybridized carbons (Fsp3) is 0.269. The third-order valence-corrected chi connectivity index (χ3v) is 6.71. The van der Waals surface area contributed by atoms with Gasteiger partial charge in [0.05, 0.1) is 19.0 Å². The molecule has 176 valence electrons. The minimum Gasteiger partial charge on any atom is -0.497 e. The van der Waals surface area contributed by atoms with Crippen molar-refractivity contribution < 1.29 is 14.3 Å². The van der Waals surface area contributed by atoms with Crippen molar-refractivity contribution in [1.82, 2.24) is 9.55 Å². The summed E-state index contributed by atoms with van der Waals surface area (Å²) in [5.41, 5.74) is 2.76. The molecule has 4 aromatic rings. The minimum atomic E-state index is -0.179. The summed E-state index contributed by atoms with van der Waals surface area (Å²) in [5, 5.41) is 3.92. The first-order valence-corrected chi connectivity index (χ1v) is 12.2. The van der Waals surface area contributed by atoms with E-state index < -0.39 is 0 Å². The summed E-state index contributed by atoms with van der Waals surface area (Å²) in [4.78, 5) is 33.1. The first kappa shape index (κ1) is 24.0. The Labute approximate surface area is 207 Å². The van der Waals surface area contributed by atoms with Crippen molar-refractivity contribution in [2.75, 3.05) is 18.6 Å². The lowest BCUT2D eigenvalue weighted by molar-refractivity contribution is -0.118. The number of nitrogens with zero attached hydrogens (tertiary/aromatic N) is 3. The van der Waals surface area contributed by atoms with E-state index >= 15 is 0 Å². The number of thiazole rings is 1. The highest BCUT2D eigenvalue weighted by atomic mass is 35.5. The topological polar surface area (TPSA) is 64.4 Å². The first-order valence-electron chi connectivity index (χ1n) is 11.0. The molecule has 0 saturated heterocycles. The van der Waals surface area contributed by atoms with Crippen LogP contribution in [0.2, 0.25) is 5.02 Å². The van der Waals surface area contributed by atoms with Crippen molar-refractivity contribution in [3.05, 3.63) is 75.9 Å². The van der Waals surface area contributed by atoms with Crippen LogP contribution in [-0.4, -0.2) is 35.0 Å². The summed E-state index contributed by atoms with van der Waals surface area (Å²) in [6.07, 6.45) is 1.84. The van der Waals surface area contributed by atoms with E-state index in [2.05, 4.69) is 18.8 Å². The average Bonchev–Trinajstić information content (AvgIpc) is 3.44. The van der Waals surface area contributed by atoms with E-state index in [-0.39, 0.29) is 24.2 Å². The van der Waals surface area contributed by atoms with Crippen LogP contribution in [0.25, 0.3) is 10.9 Å². The van der Waals surface area contributed by atoms with E-state index in [1.165, 1.54) is 11.3 Å². The summed E-state index contributed by atoms with van der Waals surface area (Å²) in [5.74, 6) is 0.702. The molecule has 0 spiro atoms. The molecule has 0 atom stereocenters. The molecular weight excluding hydrogens is 470 g/mol. The number of aromatic nitrogens is 2. The van der Waals surface area contributed by atoms with Gasteiger partial charge in [0.15, 0.2) is 5.13 Å². The number of anilines is 1. The van der Waals surface area contributed by atoms with Crippen LogP contribution < -0.4 is 9.64 Å². The van der Waals surface area contributed by atoms with Gasteiger partial charge in [0.25, 0.3) is 5.91 Å². The molecule has 34 heavy (non-hydrogen) atoms. The third kappa shape index (κ3) is 4.72. The largest absolute Gasteiger partial charge is 0.497 e. The van der Waals surface area contributed by atoms with Crippen LogP contribution >= 0.6 is 22.9 Å². The SMILES string of the molecule is COc1ccc2c(c1)c(CC(=O)N(CC(C)C)c1nccs1)c(C)n2C(=O)c1ccc(Cl)cc1. The number of rotatable bonds is 7. The van der Waals surface area contributed by atoms with Crippen LogP contribution in [-0.2, 0) is 11.2 Å². The van der Waals surface area contributed by atoms with Gasteiger partial charge < -0.3 is 4.74 Å². The predicted octanol–water partition coefficient (Wildman–Crippen LogP) is 5.99. The Morgan fingerprint density at radius 2 is 1.91 bits per heavy atom. The van der Waals surface area contributed by atoms with E-state index in [1.54, 1.807) is 47.0 Å². The van der Waals surface area contributed by atoms with Crippen LogP contribution in [0.5, 0.6) is 5.75 Å². The third-order valence-electron chi connectivity index (χ3n) is 5.66. The quantitative estimate of drug-likeness (QED) is 0.316. The zero-order valence-electron chi connectivity index (χ0n) is 19.5. The number of methoxy groups -OCH3 is 1. The molecule has 0 unspecified atom stereocenters. The number of amides is 1. The highest BCUT2D eigenvalue weighted by Gasteiger charge is 2.25. The molecule has 0 saturated carbocycles. The molecule has 0 fully saturated rings. The van der Waals surface area contributed by atoms with Crippen molar-refractivity contribution >= 4 is 50.8 Å². The summed E-state index contributed by atoms with van der Waals surface area (Å²) in [6.45, 7) is 6.58. The van der Waals surface area contributed by atoms with Gasteiger partial charge in [-0.2, -0.15) is 0 Å². The molecule has 0 aliphatic heterocycles. The number of benzene rings is 2. The highest BCUT2D eigenvalue weighted by molar-refractivity contribution is 7.13. The fourth-order valence-electron chi connectivity index (χ4n) is 4.04. The van der Waals surface area contributed by atoms with Gasteiger partial charge in [0, 0.05) is 39.8 Å².